The number of rotatable bonds is 3. The van der Waals surface area contributed by atoms with Crippen LogP contribution in [-0.2, 0) is 15.9 Å². The highest BCUT2D eigenvalue weighted by Gasteiger charge is 2.18. The summed E-state index contributed by atoms with van der Waals surface area (Å²) < 4.78 is 10.9. The van der Waals surface area contributed by atoms with Crippen LogP contribution in [0.3, 0.4) is 0 Å². The Hall–Kier alpha value is -0.930. The molecule has 2 rings (SSSR count). The fraction of sp³-hybridized carbons (Fsp3) is 0.615. The maximum Gasteiger partial charge on any atom is 0.154 e. The maximum absolute atomic E-state index is 5.46. The van der Waals surface area contributed by atoms with Crippen LogP contribution in [0.1, 0.15) is 24.6 Å². The number of hydrogen-bond acceptors (Lipinski definition) is 3. The van der Waals surface area contributed by atoms with Crippen LogP contribution in [0, 0.1) is 12.8 Å². The molecule has 0 N–H and O–H groups in total. The predicted molar refractivity (Wildman–Crippen MR) is 62.2 cm³/mol. The van der Waals surface area contributed by atoms with Gasteiger partial charge in [-0.2, -0.15) is 0 Å². The molecule has 3 heteroatoms. The highest BCUT2D eigenvalue weighted by Crippen LogP contribution is 2.16. The van der Waals surface area contributed by atoms with Gasteiger partial charge in [0.25, 0.3) is 0 Å². The van der Waals surface area contributed by atoms with Crippen molar-refractivity contribution in [2.75, 3.05) is 13.2 Å². The van der Waals surface area contributed by atoms with Crippen molar-refractivity contribution in [1.82, 2.24) is 4.98 Å². The summed E-state index contributed by atoms with van der Waals surface area (Å²) in [7, 11) is 0. The van der Waals surface area contributed by atoms with Gasteiger partial charge in [-0.05, 0) is 38.3 Å². The lowest BCUT2D eigenvalue weighted by atomic mass is 10.0. The lowest BCUT2D eigenvalue weighted by Crippen LogP contribution is -2.30. The molecule has 0 atom stereocenters. The first-order chi connectivity index (χ1) is 7.74. The molecular formula is C13H19NO2. The zero-order valence-corrected chi connectivity index (χ0v) is 9.98. The lowest BCUT2D eigenvalue weighted by Gasteiger charge is -2.27. The van der Waals surface area contributed by atoms with Gasteiger partial charge in [0.05, 0.1) is 13.2 Å². The number of hydrogen-bond donors (Lipinski definition) is 0. The molecule has 0 saturated carbocycles. The van der Waals surface area contributed by atoms with Crippen LogP contribution in [0.25, 0.3) is 0 Å². The monoisotopic (exact) mass is 221 g/mol. The van der Waals surface area contributed by atoms with Crippen molar-refractivity contribution in [1.29, 1.82) is 0 Å². The summed E-state index contributed by atoms with van der Waals surface area (Å²) in [6.45, 7) is 5.59. The number of aromatic nitrogens is 1. The van der Waals surface area contributed by atoms with Crippen LogP contribution in [0.2, 0.25) is 0 Å². The summed E-state index contributed by atoms with van der Waals surface area (Å²) >= 11 is 0. The molecule has 1 fully saturated rings. The van der Waals surface area contributed by atoms with E-state index in [0.717, 1.165) is 31.7 Å². The third-order valence-corrected chi connectivity index (χ3v) is 2.95. The van der Waals surface area contributed by atoms with E-state index in [4.69, 9.17) is 9.47 Å². The van der Waals surface area contributed by atoms with Crippen molar-refractivity contribution in [3.8, 4) is 0 Å². The molecule has 1 aliphatic heterocycles. The summed E-state index contributed by atoms with van der Waals surface area (Å²) in [5, 5.41) is 0. The normalized spacial score (nSPS) is 25.6. The van der Waals surface area contributed by atoms with Crippen molar-refractivity contribution < 1.29 is 9.47 Å². The molecular weight excluding hydrogens is 202 g/mol. The number of pyridine rings is 1. The summed E-state index contributed by atoms with van der Waals surface area (Å²) in [6.07, 6.45) is 4.09. The van der Waals surface area contributed by atoms with E-state index < -0.39 is 0 Å². The Morgan fingerprint density at radius 2 is 2.06 bits per heavy atom. The molecule has 0 amide bonds. The molecule has 0 radical (unpaired) electrons. The summed E-state index contributed by atoms with van der Waals surface area (Å²) in [5.74, 6) is 0.525. The number of ether oxygens (including phenoxy) is 2. The van der Waals surface area contributed by atoms with Gasteiger partial charge in [-0.25, -0.2) is 0 Å². The average Bonchev–Trinajstić information content (AvgIpc) is 2.30. The van der Waals surface area contributed by atoms with Crippen molar-refractivity contribution in [3.63, 3.8) is 0 Å². The Bertz CT molecular complexity index is 315. The molecule has 1 aromatic rings. The second-order valence-corrected chi connectivity index (χ2v) is 4.45. The van der Waals surface area contributed by atoms with E-state index in [9.17, 15) is 0 Å². The molecule has 16 heavy (non-hydrogen) atoms. The minimum Gasteiger partial charge on any atom is -0.353 e. The van der Waals surface area contributed by atoms with Crippen molar-refractivity contribution in [2.24, 2.45) is 5.92 Å². The van der Waals surface area contributed by atoms with E-state index in [1.807, 2.05) is 20.0 Å². The van der Waals surface area contributed by atoms with Gasteiger partial charge in [0.2, 0.25) is 0 Å². The van der Waals surface area contributed by atoms with Gasteiger partial charge >= 0.3 is 0 Å². The molecule has 0 bridgehead atoms. The zero-order chi connectivity index (χ0) is 11.4. The lowest BCUT2D eigenvalue weighted by molar-refractivity contribution is -0.190. The van der Waals surface area contributed by atoms with E-state index in [0.29, 0.717) is 5.92 Å². The highest BCUT2D eigenvalue weighted by atomic mass is 16.7. The van der Waals surface area contributed by atoms with Gasteiger partial charge in [0.1, 0.15) is 0 Å². The van der Waals surface area contributed by atoms with Crippen LogP contribution in [0.5, 0.6) is 0 Å². The van der Waals surface area contributed by atoms with Gasteiger partial charge in [0, 0.05) is 17.8 Å². The largest absolute Gasteiger partial charge is 0.353 e. The molecule has 0 unspecified atom stereocenters. The summed E-state index contributed by atoms with van der Waals surface area (Å²) in [4.78, 5) is 4.29. The second-order valence-electron chi connectivity index (χ2n) is 4.45. The SMILES string of the molecule is Cc1ccc(CCC2COC(C)OC2)cn1. The van der Waals surface area contributed by atoms with Crippen LogP contribution in [0.4, 0.5) is 0 Å². The Kier molecular flexibility index (Phi) is 3.91. The molecule has 0 aliphatic carbocycles. The van der Waals surface area contributed by atoms with Gasteiger partial charge in [-0.1, -0.05) is 6.07 Å². The Morgan fingerprint density at radius 3 is 2.69 bits per heavy atom. The van der Waals surface area contributed by atoms with E-state index in [2.05, 4.69) is 17.1 Å². The van der Waals surface area contributed by atoms with Gasteiger partial charge in [0.15, 0.2) is 6.29 Å². The second kappa shape index (κ2) is 5.41. The first-order valence-electron chi connectivity index (χ1n) is 5.89. The number of aryl methyl sites for hydroxylation is 2. The molecule has 2 heterocycles. The third-order valence-electron chi connectivity index (χ3n) is 2.95. The molecule has 3 nitrogen and oxygen atoms in total. The minimum absolute atomic E-state index is 0.0303. The topological polar surface area (TPSA) is 31.4 Å². The molecule has 0 spiro atoms. The van der Waals surface area contributed by atoms with E-state index in [1.54, 1.807) is 0 Å². The highest BCUT2D eigenvalue weighted by molar-refractivity contribution is 5.13. The van der Waals surface area contributed by atoms with Crippen molar-refractivity contribution in [2.45, 2.75) is 33.0 Å². The Morgan fingerprint density at radius 1 is 1.31 bits per heavy atom. The van der Waals surface area contributed by atoms with E-state index >= 15 is 0 Å². The third kappa shape index (κ3) is 3.29. The Balaban J connectivity index is 1.77. The van der Waals surface area contributed by atoms with Gasteiger partial charge in [-0.15, -0.1) is 0 Å². The number of nitrogens with zero attached hydrogens (tertiary/aromatic N) is 1. The van der Waals surface area contributed by atoms with Crippen LogP contribution < -0.4 is 0 Å². The molecule has 1 saturated heterocycles. The van der Waals surface area contributed by atoms with E-state index in [-0.39, 0.29) is 6.29 Å². The molecule has 0 aromatic carbocycles. The van der Waals surface area contributed by atoms with Crippen molar-refractivity contribution in [3.05, 3.63) is 29.6 Å². The smallest absolute Gasteiger partial charge is 0.154 e. The van der Waals surface area contributed by atoms with Crippen LogP contribution >= 0.6 is 0 Å². The fourth-order valence-corrected chi connectivity index (χ4v) is 1.82. The van der Waals surface area contributed by atoms with Gasteiger partial charge in [-0.3, -0.25) is 4.98 Å². The Labute approximate surface area is 96.8 Å². The quantitative estimate of drug-likeness (QED) is 0.785. The fourth-order valence-electron chi connectivity index (χ4n) is 1.82. The molecule has 1 aliphatic rings. The standard InChI is InChI=1S/C13H19NO2/c1-10-3-4-12(7-14-10)5-6-13-8-15-11(2)16-9-13/h3-4,7,11,13H,5-6,8-9H2,1-2H3. The molecule has 1 aromatic heterocycles. The predicted octanol–water partition coefficient (Wildman–Crippen LogP) is 2.33. The maximum atomic E-state index is 5.46. The van der Waals surface area contributed by atoms with Gasteiger partial charge < -0.3 is 9.47 Å². The molecule has 88 valence electrons. The summed E-state index contributed by atoms with van der Waals surface area (Å²) in [5.41, 5.74) is 2.37. The summed E-state index contributed by atoms with van der Waals surface area (Å²) in [6, 6.07) is 4.21. The minimum atomic E-state index is -0.0303. The first-order valence-corrected chi connectivity index (χ1v) is 5.89. The van der Waals surface area contributed by atoms with Crippen LogP contribution in [-0.4, -0.2) is 24.5 Å². The average molecular weight is 221 g/mol. The van der Waals surface area contributed by atoms with Crippen LogP contribution in [0.15, 0.2) is 18.3 Å². The van der Waals surface area contributed by atoms with Crippen molar-refractivity contribution >= 4 is 0 Å². The first kappa shape index (κ1) is 11.6. The zero-order valence-electron chi connectivity index (χ0n) is 9.98. The van der Waals surface area contributed by atoms with E-state index in [1.165, 1.54) is 5.56 Å².